The molecule has 0 aliphatic heterocycles. The van der Waals surface area contributed by atoms with Crippen molar-refractivity contribution >= 4 is 28.9 Å². The molecular formula is C23H21N7O3. The molecule has 3 N–H and O–H groups in total. The Morgan fingerprint density at radius 2 is 1.64 bits per heavy atom. The van der Waals surface area contributed by atoms with Crippen LogP contribution in [-0.2, 0) is 4.79 Å². The third-order valence-corrected chi connectivity index (χ3v) is 4.72. The Kier molecular flexibility index (Phi) is 6.55. The number of amides is 2. The van der Waals surface area contributed by atoms with Gasteiger partial charge in [-0.3, -0.25) is 9.59 Å². The molecule has 0 unspecified atom stereocenters. The minimum atomic E-state index is -0.274. The molecule has 0 fully saturated rings. The zero-order valence-corrected chi connectivity index (χ0v) is 17.7. The fourth-order valence-electron chi connectivity index (χ4n) is 3.05. The van der Waals surface area contributed by atoms with Crippen LogP contribution >= 0.6 is 0 Å². The fraction of sp³-hybridized carbons (Fsp3) is 0.0870. The molecule has 4 aromatic rings. The van der Waals surface area contributed by atoms with Gasteiger partial charge in [0.25, 0.3) is 5.91 Å². The van der Waals surface area contributed by atoms with Crippen molar-refractivity contribution in [1.82, 2.24) is 20.2 Å². The van der Waals surface area contributed by atoms with Gasteiger partial charge >= 0.3 is 0 Å². The fourth-order valence-corrected chi connectivity index (χ4v) is 3.05. The van der Waals surface area contributed by atoms with Gasteiger partial charge in [0.1, 0.15) is 12.1 Å². The number of rotatable bonds is 8. The Hall–Kier alpha value is -4.73. The second-order valence-corrected chi connectivity index (χ2v) is 6.93. The van der Waals surface area contributed by atoms with Crippen molar-refractivity contribution in [2.24, 2.45) is 0 Å². The molecule has 166 valence electrons. The lowest BCUT2D eigenvalue weighted by molar-refractivity contribution is -0.114. The van der Waals surface area contributed by atoms with E-state index in [2.05, 4.69) is 31.5 Å². The van der Waals surface area contributed by atoms with Gasteiger partial charge in [0.2, 0.25) is 5.91 Å². The topological polar surface area (TPSA) is 123 Å². The molecule has 0 atom stereocenters. The van der Waals surface area contributed by atoms with Crippen LogP contribution in [0.4, 0.5) is 17.1 Å². The zero-order chi connectivity index (χ0) is 23.0. The minimum Gasteiger partial charge on any atom is -0.495 e. The molecule has 0 radical (unpaired) electrons. The van der Waals surface area contributed by atoms with Gasteiger partial charge in [-0.1, -0.05) is 12.1 Å². The molecule has 10 heteroatoms. The van der Waals surface area contributed by atoms with Crippen molar-refractivity contribution in [3.8, 4) is 11.4 Å². The summed E-state index contributed by atoms with van der Waals surface area (Å²) in [5, 5.41) is 19.7. The summed E-state index contributed by atoms with van der Waals surface area (Å²) in [4.78, 5) is 24.8. The average Bonchev–Trinajstić information content (AvgIpc) is 3.39. The van der Waals surface area contributed by atoms with E-state index in [0.717, 1.165) is 11.4 Å². The van der Waals surface area contributed by atoms with Crippen LogP contribution in [0.15, 0.2) is 79.1 Å². The SMILES string of the molecule is COc1ccccc1NC(=O)c1ccc(NC(=O)CNc2ccc(-n3cnnn3)cc2)cc1. The van der Waals surface area contributed by atoms with Gasteiger partial charge in [-0.25, -0.2) is 4.68 Å². The number of anilines is 3. The largest absolute Gasteiger partial charge is 0.495 e. The van der Waals surface area contributed by atoms with E-state index in [1.165, 1.54) is 11.0 Å². The van der Waals surface area contributed by atoms with Crippen LogP contribution < -0.4 is 20.7 Å². The summed E-state index contributed by atoms with van der Waals surface area (Å²) < 4.78 is 6.78. The smallest absolute Gasteiger partial charge is 0.255 e. The van der Waals surface area contributed by atoms with E-state index in [0.29, 0.717) is 22.7 Å². The van der Waals surface area contributed by atoms with Crippen LogP contribution in [0.3, 0.4) is 0 Å². The number of aromatic nitrogens is 4. The molecule has 4 rings (SSSR count). The molecule has 3 aromatic carbocycles. The Morgan fingerprint density at radius 1 is 0.909 bits per heavy atom. The molecule has 1 aromatic heterocycles. The monoisotopic (exact) mass is 443 g/mol. The lowest BCUT2D eigenvalue weighted by Crippen LogP contribution is -2.21. The van der Waals surface area contributed by atoms with Gasteiger partial charge in [-0.15, -0.1) is 5.10 Å². The molecule has 0 aliphatic rings. The first-order valence-corrected chi connectivity index (χ1v) is 10.0. The third-order valence-electron chi connectivity index (χ3n) is 4.72. The predicted molar refractivity (Wildman–Crippen MR) is 124 cm³/mol. The highest BCUT2D eigenvalue weighted by Crippen LogP contribution is 2.24. The Balaban J connectivity index is 1.28. The number of benzene rings is 3. The number of methoxy groups -OCH3 is 1. The van der Waals surface area contributed by atoms with Crippen molar-refractivity contribution in [3.63, 3.8) is 0 Å². The van der Waals surface area contributed by atoms with Crippen LogP contribution in [0, 0.1) is 0 Å². The first-order chi connectivity index (χ1) is 16.1. The zero-order valence-electron chi connectivity index (χ0n) is 17.7. The van der Waals surface area contributed by atoms with Gasteiger partial charge in [-0.05, 0) is 71.1 Å². The van der Waals surface area contributed by atoms with Crippen LogP contribution in [0.25, 0.3) is 5.69 Å². The highest BCUT2D eigenvalue weighted by Gasteiger charge is 2.10. The Bertz CT molecular complexity index is 1220. The molecule has 0 aliphatic carbocycles. The number of carbonyl (C=O) groups excluding carboxylic acids is 2. The molecular weight excluding hydrogens is 422 g/mol. The Labute approximate surface area is 189 Å². The van der Waals surface area contributed by atoms with Gasteiger partial charge in [0.15, 0.2) is 0 Å². The van der Waals surface area contributed by atoms with Crippen LogP contribution in [0.2, 0.25) is 0 Å². The molecule has 1 heterocycles. The number of ether oxygens (including phenoxy) is 1. The molecule has 0 saturated heterocycles. The number of nitrogens with one attached hydrogen (secondary N) is 3. The summed E-state index contributed by atoms with van der Waals surface area (Å²) in [5.41, 5.74) is 3.22. The maximum absolute atomic E-state index is 12.5. The summed E-state index contributed by atoms with van der Waals surface area (Å²) in [6.07, 6.45) is 1.50. The maximum Gasteiger partial charge on any atom is 0.255 e. The number of carbonyl (C=O) groups is 2. The standard InChI is InChI=1S/C23H21N7O3/c1-33-21-5-3-2-4-20(21)27-23(32)16-6-8-18(9-7-16)26-22(31)14-24-17-10-12-19(13-11-17)30-15-25-28-29-30/h2-13,15,24H,14H2,1H3,(H,26,31)(H,27,32). The number of para-hydroxylation sites is 2. The lowest BCUT2D eigenvalue weighted by atomic mass is 10.2. The molecule has 2 amide bonds. The maximum atomic E-state index is 12.5. The quantitative estimate of drug-likeness (QED) is 0.383. The van der Waals surface area contributed by atoms with E-state index in [4.69, 9.17) is 4.74 Å². The second kappa shape index (κ2) is 10.1. The average molecular weight is 443 g/mol. The molecule has 10 nitrogen and oxygen atoms in total. The molecule has 0 spiro atoms. The molecule has 33 heavy (non-hydrogen) atoms. The van der Waals surface area contributed by atoms with E-state index in [1.54, 1.807) is 43.5 Å². The molecule has 0 bridgehead atoms. The van der Waals surface area contributed by atoms with Gasteiger partial charge in [-0.2, -0.15) is 0 Å². The minimum absolute atomic E-state index is 0.0836. The summed E-state index contributed by atoms with van der Waals surface area (Å²) >= 11 is 0. The predicted octanol–water partition coefficient (Wildman–Crippen LogP) is 2.97. The summed E-state index contributed by atoms with van der Waals surface area (Å²) in [5.74, 6) is 0.0854. The van der Waals surface area contributed by atoms with Crippen LogP contribution in [0.5, 0.6) is 5.75 Å². The normalized spacial score (nSPS) is 10.3. The van der Waals surface area contributed by atoms with Crippen LogP contribution in [-0.4, -0.2) is 45.7 Å². The first-order valence-electron chi connectivity index (χ1n) is 10.0. The number of hydrogen-bond acceptors (Lipinski definition) is 7. The highest BCUT2D eigenvalue weighted by molar-refractivity contribution is 6.05. The van der Waals surface area contributed by atoms with E-state index >= 15 is 0 Å². The van der Waals surface area contributed by atoms with Crippen molar-refractivity contribution in [2.45, 2.75) is 0 Å². The van der Waals surface area contributed by atoms with Gasteiger partial charge in [0, 0.05) is 16.9 Å². The summed E-state index contributed by atoms with van der Waals surface area (Å²) in [6, 6.07) is 21.2. The summed E-state index contributed by atoms with van der Waals surface area (Å²) in [6.45, 7) is 0.0836. The van der Waals surface area contributed by atoms with Gasteiger partial charge < -0.3 is 20.7 Å². The first kappa shape index (κ1) is 21.5. The van der Waals surface area contributed by atoms with Crippen LogP contribution in [0.1, 0.15) is 10.4 Å². The van der Waals surface area contributed by atoms with E-state index in [1.807, 2.05) is 36.4 Å². The highest BCUT2D eigenvalue weighted by atomic mass is 16.5. The van der Waals surface area contributed by atoms with Crippen molar-refractivity contribution in [2.75, 3.05) is 29.6 Å². The third kappa shape index (κ3) is 5.50. The number of hydrogen-bond donors (Lipinski definition) is 3. The lowest BCUT2D eigenvalue weighted by Gasteiger charge is -2.11. The van der Waals surface area contributed by atoms with Crippen molar-refractivity contribution in [1.29, 1.82) is 0 Å². The molecule has 0 saturated carbocycles. The second-order valence-electron chi connectivity index (χ2n) is 6.93. The van der Waals surface area contributed by atoms with E-state index in [-0.39, 0.29) is 18.4 Å². The van der Waals surface area contributed by atoms with Crippen molar-refractivity contribution < 1.29 is 14.3 Å². The summed E-state index contributed by atoms with van der Waals surface area (Å²) in [7, 11) is 1.54. The van der Waals surface area contributed by atoms with Crippen molar-refractivity contribution in [3.05, 3.63) is 84.7 Å². The number of nitrogens with zero attached hydrogens (tertiary/aromatic N) is 4. The number of tetrazole rings is 1. The Morgan fingerprint density at radius 3 is 2.33 bits per heavy atom. The van der Waals surface area contributed by atoms with E-state index in [9.17, 15) is 9.59 Å². The van der Waals surface area contributed by atoms with Gasteiger partial charge in [0.05, 0.1) is 25.0 Å². The van der Waals surface area contributed by atoms with E-state index < -0.39 is 0 Å².